The van der Waals surface area contributed by atoms with E-state index in [2.05, 4.69) is 42.3 Å². The van der Waals surface area contributed by atoms with Gasteiger partial charge in [0, 0.05) is 25.1 Å². The van der Waals surface area contributed by atoms with Gasteiger partial charge in [-0.3, -0.25) is 0 Å². The maximum atomic E-state index is 5.08. The molecule has 0 atom stereocenters. The summed E-state index contributed by atoms with van der Waals surface area (Å²) in [5.41, 5.74) is 1.15. The normalized spacial score (nSPS) is 10.2. The molecule has 1 N–H and O–H groups in total. The number of hydrogen-bond acceptors (Lipinski definition) is 6. The van der Waals surface area contributed by atoms with Crippen molar-refractivity contribution in [2.45, 2.75) is 6.54 Å². The Balaban J connectivity index is 2.24. The molecule has 6 nitrogen and oxygen atoms in total. The predicted octanol–water partition coefficient (Wildman–Crippen LogP) is 2.32. The molecule has 106 valence electrons. The highest BCUT2D eigenvalue weighted by atomic mass is 79.9. The standard InChI is InChI=1S/C13H16BrN5O/c1-15-11-16-12(18-13(17-11)20-3)19(2)8-9-6-4-5-7-10(9)14/h4-7H,8H2,1-3H3,(H,15,16,17,18). The van der Waals surface area contributed by atoms with Gasteiger partial charge in [-0.15, -0.1) is 0 Å². The van der Waals surface area contributed by atoms with Crippen molar-refractivity contribution in [2.24, 2.45) is 0 Å². The highest BCUT2D eigenvalue weighted by Gasteiger charge is 2.11. The molecule has 2 rings (SSSR count). The van der Waals surface area contributed by atoms with Crippen LogP contribution in [-0.2, 0) is 6.54 Å². The average Bonchev–Trinajstić information content (AvgIpc) is 2.48. The Morgan fingerprint density at radius 2 is 2.00 bits per heavy atom. The molecule has 0 aliphatic rings. The van der Waals surface area contributed by atoms with Crippen molar-refractivity contribution in [3.05, 3.63) is 34.3 Å². The first-order chi connectivity index (χ1) is 9.63. The molecule has 1 aromatic heterocycles. The molecule has 20 heavy (non-hydrogen) atoms. The molecule has 2 aromatic rings. The molecule has 1 heterocycles. The lowest BCUT2D eigenvalue weighted by molar-refractivity contribution is 0.379. The second-order valence-electron chi connectivity index (χ2n) is 4.14. The molecule has 0 aliphatic heterocycles. The number of rotatable bonds is 5. The smallest absolute Gasteiger partial charge is 0.322 e. The van der Waals surface area contributed by atoms with Gasteiger partial charge in [0.15, 0.2) is 0 Å². The van der Waals surface area contributed by atoms with E-state index in [9.17, 15) is 0 Å². The molecule has 0 saturated carbocycles. The van der Waals surface area contributed by atoms with Crippen LogP contribution in [0.15, 0.2) is 28.7 Å². The van der Waals surface area contributed by atoms with Crippen LogP contribution in [0, 0.1) is 0 Å². The van der Waals surface area contributed by atoms with Crippen LogP contribution in [-0.4, -0.2) is 36.2 Å². The van der Waals surface area contributed by atoms with Gasteiger partial charge in [0.2, 0.25) is 11.9 Å². The van der Waals surface area contributed by atoms with Gasteiger partial charge < -0.3 is 15.0 Å². The second-order valence-corrected chi connectivity index (χ2v) is 5.00. The lowest BCUT2D eigenvalue weighted by atomic mass is 10.2. The number of benzene rings is 1. The predicted molar refractivity (Wildman–Crippen MR) is 82.2 cm³/mol. The Labute approximate surface area is 126 Å². The molecule has 0 amide bonds. The van der Waals surface area contributed by atoms with Crippen LogP contribution in [0.3, 0.4) is 0 Å². The van der Waals surface area contributed by atoms with Crippen molar-refractivity contribution in [1.82, 2.24) is 15.0 Å². The Kier molecular flexibility index (Phi) is 4.73. The first kappa shape index (κ1) is 14.5. The molecule has 0 fully saturated rings. The van der Waals surface area contributed by atoms with E-state index < -0.39 is 0 Å². The summed E-state index contributed by atoms with van der Waals surface area (Å²) in [7, 11) is 5.21. The van der Waals surface area contributed by atoms with Gasteiger partial charge in [-0.25, -0.2) is 0 Å². The van der Waals surface area contributed by atoms with Crippen molar-refractivity contribution < 1.29 is 4.74 Å². The van der Waals surface area contributed by atoms with Crippen molar-refractivity contribution >= 4 is 27.8 Å². The van der Waals surface area contributed by atoms with E-state index in [-0.39, 0.29) is 0 Å². The van der Waals surface area contributed by atoms with Crippen LogP contribution in [0.25, 0.3) is 0 Å². The summed E-state index contributed by atoms with van der Waals surface area (Å²) in [5.74, 6) is 1.03. The van der Waals surface area contributed by atoms with Crippen LogP contribution in [0.4, 0.5) is 11.9 Å². The second kappa shape index (κ2) is 6.51. The lowest BCUT2D eigenvalue weighted by Crippen LogP contribution is -2.20. The number of halogens is 1. The minimum Gasteiger partial charge on any atom is -0.467 e. The third-order valence-corrected chi connectivity index (χ3v) is 3.49. The van der Waals surface area contributed by atoms with Gasteiger partial charge in [-0.2, -0.15) is 15.0 Å². The number of methoxy groups -OCH3 is 1. The lowest BCUT2D eigenvalue weighted by Gasteiger charge is -2.18. The van der Waals surface area contributed by atoms with Crippen LogP contribution < -0.4 is 15.0 Å². The highest BCUT2D eigenvalue weighted by molar-refractivity contribution is 9.10. The Hall–Kier alpha value is -1.89. The number of aromatic nitrogens is 3. The van der Waals surface area contributed by atoms with Gasteiger partial charge in [0.1, 0.15) is 0 Å². The van der Waals surface area contributed by atoms with Crippen molar-refractivity contribution in [2.75, 3.05) is 31.4 Å². The van der Waals surface area contributed by atoms with E-state index in [4.69, 9.17) is 4.74 Å². The van der Waals surface area contributed by atoms with Crippen LogP contribution in [0.2, 0.25) is 0 Å². The van der Waals surface area contributed by atoms with Gasteiger partial charge in [0.05, 0.1) is 7.11 Å². The number of ether oxygens (including phenoxy) is 1. The molecule has 7 heteroatoms. The summed E-state index contributed by atoms with van der Waals surface area (Å²) >= 11 is 3.54. The highest BCUT2D eigenvalue weighted by Crippen LogP contribution is 2.20. The molecule has 0 aliphatic carbocycles. The van der Waals surface area contributed by atoms with E-state index in [1.165, 1.54) is 7.11 Å². The largest absolute Gasteiger partial charge is 0.467 e. The van der Waals surface area contributed by atoms with Crippen molar-refractivity contribution in [1.29, 1.82) is 0 Å². The number of hydrogen-bond donors (Lipinski definition) is 1. The molecule has 0 radical (unpaired) electrons. The van der Waals surface area contributed by atoms with Crippen molar-refractivity contribution in [3.8, 4) is 6.01 Å². The summed E-state index contributed by atoms with van der Waals surface area (Å²) in [5, 5.41) is 2.89. The third-order valence-electron chi connectivity index (χ3n) is 2.72. The number of anilines is 2. The zero-order chi connectivity index (χ0) is 14.5. The SMILES string of the molecule is CNc1nc(OC)nc(N(C)Cc2ccccc2Br)n1. The number of nitrogens with one attached hydrogen (secondary N) is 1. The molecule has 0 saturated heterocycles. The number of nitrogens with zero attached hydrogens (tertiary/aromatic N) is 4. The summed E-state index contributed by atoms with van der Waals surface area (Å²) in [6.45, 7) is 0.678. The maximum Gasteiger partial charge on any atom is 0.322 e. The zero-order valence-corrected chi connectivity index (χ0v) is 13.2. The molecule has 0 unspecified atom stereocenters. The molecule has 0 bridgehead atoms. The summed E-state index contributed by atoms with van der Waals surface area (Å²) in [4.78, 5) is 14.6. The van der Waals surface area contributed by atoms with Gasteiger partial charge in [0.25, 0.3) is 0 Å². The van der Waals surface area contributed by atoms with Crippen LogP contribution in [0.5, 0.6) is 6.01 Å². The van der Waals surface area contributed by atoms with E-state index in [0.717, 1.165) is 10.0 Å². The molecular formula is C13H16BrN5O. The molecular weight excluding hydrogens is 322 g/mol. The van der Waals surface area contributed by atoms with Gasteiger partial charge >= 0.3 is 6.01 Å². The van der Waals surface area contributed by atoms with Crippen LogP contribution in [0.1, 0.15) is 5.56 Å². The van der Waals surface area contributed by atoms with E-state index >= 15 is 0 Å². The van der Waals surface area contributed by atoms with E-state index in [1.54, 1.807) is 7.05 Å². The monoisotopic (exact) mass is 337 g/mol. The Morgan fingerprint density at radius 1 is 1.25 bits per heavy atom. The topological polar surface area (TPSA) is 63.2 Å². The minimum absolute atomic E-state index is 0.290. The first-order valence-corrected chi connectivity index (χ1v) is 6.85. The van der Waals surface area contributed by atoms with E-state index in [1.807, 2.05) is 30.1 Å². The zero-order valence-electron chi connectivity index (χ0n) is 11.6. The molecule has 0 spiro atoms. The average molecular weight is 338 g/mol. The first-order valence-electron chi connectivity index (χ1n) is 6.06. The minimum atomic E-state index is 0.290. The van der Waals surface area contributed by atoms with E-state index in [0.29, 0.717) is 24.5 Å². The van der Waals surface area contributed by atoms with Crippen molar-refractivity contribution in [3.63, 3.8) is 0 Å². The van der Waals surface area contributed by atoms with Crippen LogP contribution >= 0.6 is 15.9 Å². The van der Waals surface area contributed by atoms with Gasteiger partial charge in [-0.1, -0.05) is 34.1 Å². The Morgan fingerprint density at radius 3 is 2.65 bits per heavy atom. The quantitative estimate of drug-likeness (QED) is 0.903. The fraction of sp³-hybridized carbons (Fsp3) is 0.308. The Bertz CT molecular complexity index is 570. The summed E-state index contributed by atoms with van der Waals surface area (Å²) < 4.78 is 6.14. The molecule has 1 aromatic carbocycles. The fourth-order valence-corrected chi connectivity index (χ4v) is 2.08. The third kappa shape index (κ3) is 3.36. The fourth-order valence-electron chi connectivity index (χ4n) is 1.67. The maximum absolute atomic E-state index is 5.08. The summed E-state index contributed by atoms with van der Waals surface area (Å²) in [6, 6.07) is 8.34. The summed E-state index contributed by atoms with van der Waals surface area (Å²) in [6.07, 6.45) is 0. The van der Waals surface area contributed by atoms with Gasteiger partial charge in [-0.05, 0) is 11.6 Å².